The maximum atomic E-state index is 14.2. The number of imidazole rings is 1. The SMILES string of the molecule is OC[C@H]1O[C@@H](n2cnc3c(NO)nc(C(F)(F)F)nc32)[C@@H](F)[C@@H]1O. The van der Waals surface area contributed by atoms with Crippen LogP contribution in [0.1, 0.15) is 12.1 Å². The van der Waals surface area contributed by atoms with Crippen molar-refractivity contribution in [3.8, 4) is 0 Å². The Kier molecular flexibility index (Phi) is 4.03. The van der Waals surface area contributed by atoms with Crippen LogP contribution in [0.2, 0.25) is 0 Å². The van der Waals surface area contributed by atoms with Gasteiger partial charge in [-0.2, -0.15) is 13.2 Å². The van der Waals surface area contributed by atoms with Crippen LogP contribution in [0.5, 0.6) is 0 Å². The van der Waals surface area contributed by atoms with E-state index in [4.69, 9.17) is 15.1 Å². The van der Waals surface area contributed by atoms with Crippen molar-refractivity contribution in [3.05, 3.63) is 12.2 Å². The summed E-state index contributed by atoms with van der Waals surface area (Å²) in [7, 11) is 0. The van der Waals surface area contributed by atoms with Gasteiger partial charge in [0.05, 0.1) is 12.9 Å². The molecule has 0 spiro atoms. The third kappa shape index (κ3) is 2.54. The number of ether oxygens (including phenoxy) is 1. The maximum Gasteiger partial charge on any atom is 0.451 e. The summed E-state index contributed by atoms with van der Waals surface area (Å²) in [6.45, 7) is -0.684. The number of aliphatic hydroxyl groups is 2. The van der Waals surface area contributed by atoms with Crippen molar-refractivity contribution in [3.63, 3.8) is 0 Å². The fourth-order valence-electron chi connectivity index (χ4n) is 2.39. The van der Waals surface area contributed by atoms with Gasteiger partial charge in [-0.25, -0.2) is 19.3 Å². The molecular formula is C11H11F4N5O4. The van der Waals surface area contributed by atoms with E-state index >= 15 is 0 Å². The summed E-state index contributed by atoms with van der Waals surface area (Å²) in [6.07, 6.45) is -10.5. The van der Waals surface area contributed by atoms with Gasteiger partial charge in [-0.15, -0.1) is 0 Å². The average molecular weight is 353 g/mol. The standard InChI is InChI=1S/C11H11F4N5O4/c12-4-6(22)3(1-21)24-9(4)20-2-16-5-7(19-23)17-10(11(13,14)15)18-8(5)20/h2-4,6,9,21-23H,1H2,(H,17,18,19)/t3-,4+,6-,9-/m1/s1. The summed E-state index contributed by atoms with van der Waals surface area (Å²) in [5, 5.41) is 27.6. The summed E-state index contributed by atoms with van der Waals surface area (Å²) in [6, 6.07) is 0. The number of halogens is 4. The lowest BCUT2D eigenvalue weighted by molar-refractivity contribution is -0.144. The summed E-state index contributed by atoms with van der Waals surface area (Å²) in [4.78, 5) is 10.1. The van der Waals surface area contributed by atoms with Crippen molar-refractivity contribution >= 4 is 17.0 Å². The Morgan fingerprint density at radius 3 is 2.58 bits per heavy atom. The molecule has 0 unspecified atom stereocenters. The molecule has 1 saturated heterocycles. The van der Waals surface area contributed by atoms with E-state index in [0.29, 0.717) is 0 Å². The van der Waals surface area contributed by atoms with Crippen LogP contribution in [0.25, 0.3) is 11.2 Å². The first-order valence-electron chi connectivity index (χ1n) is 6.58. The molecule has 24 heavy (non-hydrogen) atoms. The minimum atomic E-state index is -4.92. The molecule has 0 bridgehead atoms. The van der Waals surface area contributed by atoms with E-state index < -0.39 is 54.7 Å². The number of nitrogens with one attached hydrogen (secondary N) is 1. The van der Waals surface area contributed by atoms with Crippen LogP contribution >= 0.6 is 0 Å². The Labute approximate surface area is 130 Å². The van der Waals surface area contributed by atoms with Crippen LogP contribution in [0.15, 0.2) is 6.33 Å². The Hall–Kier alpha value is -2.09. The van der Waals surface area contributed by atoms with Crippen molar-refractivity contribution in [2.45, 2.75) is 30.8 Å². The van der Waals surface area contributed by atoms with E-state index in [0.717, 1.165) is 10.9 Å². The van der Waals surface area contributed by atoms with Crippen molar-refractivity contribution in [1.82, 2.24) is 19.5 Å². The molecule has 4 atom stereocenters. The largest absolute Gasteiger partial charge is 0.451 e. The second kappa shape index (κ2) is 5.77. The number of alkyl halides is 4. The molecule has 1 aliphatic heterocycles. The van der Waals surface area contributed by atoms with Gasteiger partial charge in [-0.1, -0.05) is 0 Å². The lowest BCUT2D eigenvalue weighted by Gasteiger charge is -2.15. The second-order valence-corrected chi connectivity index (χ2v) is 5.01. The van der Waals surface area contributed by atoms with Crippen molar-refractivity contribution < 1.29 is 37.7 Å². The highest BCUT2D eigenvalue weighted by Gasteiger charge is 2.46. The molecule has 9 nitrogen and oxygen atoms in total. The van der Waals surface area contributed by atoms with Gasteiger partial charge in [-0.3, -0.25) is 15.3 Å². The Balaban J connectivity index is 2.13. The Morgan fingerprint density at radius 1 is 1.33 bits per heavy atom. The molecule has 1 fully saturated rings. The van der Waals surface area contributed by atoms with E-state index in [1.54, 1.807) is 0 Å². The molecule has 0 aliphatic carbocycles. The van der Waals surface area contributed by atoms with Gasteiger partial charge < -0.3 is 14.9 Å². The fraction of sp³-hybridized carbons (Fsp3) is 0.545. The van der Waals surface area contributed by atoms with Gasteiger partial charge in [0.2, 0.25) is 5.82 Å². The number of anilines is 1. The van der Waals surface area contributed by atoms with Crippen LogP contribution in [0.3, 0.4) is 0 Å². The zero-order valence-corrected chi connectivity index (χ0v) is 11.6. The van der Waals surface area contributed by atoms with E-state index in [1.165, 1.54) is 5.48 Å². The highest BCUT2D eigenvalue weighted by atomic mass is 19.4. The molecule has 2 aromatic rings. The highest BCUT2D eigenvalue weighted by molar-refractivity contribution is 5.82. The number of fused-ring (bicyclic) bond motifs is 1. The molecule has 0 radical (unpaired) electrons. The smallest absolute Gasteiger partial charge is 0.394 e. The normalized spacial score (nSPS) is 27.8. The molecule has 0 aromatic carbocycles. The molecule has 13 heteroatoms. The van der Waals surface area contributed by atoms with Gasteiger partial charge in [0.1, 0.15) is 12.2 Å². The zero-order chi connectivity index (χ0) is 17.6. The van der Waals surface area contributed by atoms with Crippen LogP contribution in [-0.4, -0.2) is 59.9 Å². The van der Waals surface area contributed by atoms with Crippen molar-refractivity contribution in [1.29, 1.82) is 0 Å². The van der Waals surface area contributed by atoms with Gasteiger partial charge in [-0.05, 0) is 0 Å². The quantitative estimate of drug-likeness (QED) is 0.457. The fourth-order valence-corrected chi connectivity index (χ4v) is 2.39. The lowest BCUT2D eigenvalue weighted by atomic mass is 10.1. The van der Waals surface area contributed by atoms with Crippen molar-refractivity contribution in [2.24, 2.45) is 0 Å². The van der Waals surface area contributed by atoms with Gasteiger partial charge in [0, 0.05) is 0 Å². The van der Waals surface area contributed by atoms with Gasteiger partial charge in [0.15, 0.2) is 29.4 Å². The number of hydrogen-bond acceptors (Lipinski definition) is 8. The molecule has 4 N–H and O–H groups in total. The monoisotopic (exact) mass is 353 g/mol. The van der Waals surface area contributed by atoms with Crippen LogP contribution in [0, 0.1) is 0 Å². The highest BCUT2D eigenvalue weighted by Crippen LogP contribution is 2.35. The molecule has 3 rings (SSSR count). The first-order valence-corrected chi connectivity index (χ1v) is 6.58. The summed E-state index contributed by atoms with van der Waals surface area (Å²) < 4.78 is 58.7. The predicted octanol–water partition coefficient (Wildman–Crippen LogP) is 0.235. The van der Waals surface area contributed by atoms with Crippen molar-refractivity contribution in [2.75, 3.05) is 12.1 Å². The molecular weight excluding hydrogens is 342 g/mol. The minimum Gasteiger partial charge on any atom is -0.394 e. The number of aliphatic hydroxyl groups excluding tert-OH is 2. The van der Waals surface area contributed by atoms with E-state index in [1.807, 2.05) is 0 Å². The Morgan fingerprint density at radius 2 is 2.04 bits per heavy atom. The van der Waals surface area contributed by atoms with Crippen LogP contribution in [-0.2, 0) is 10.9 Å². The average Bonchev–Trinajstić information content (AvgIpc) is 3.08. The number of nitrogens with zero attached hydrogens (tertiary/aromatic N) is 4. The lowest BCUT2D eigenvalue weighted by Crippen LogP contribution is -2.30. The van der Waals surface area contributed by atoms with Gasteiger partial charge >= 0.3 is 6.18 Å². The molecule has 132 valence electrons. The van der Waals surface area contributed by atoms with Crippen LogP contribution < -0.4 is 5.48 Å². The van der Waals surface area contributed by atoms with E-state index in [2.05, 4.69) is 15.0 Å². The number of hydrogen-bond donors (Lipinski definition) is 4. The van der Waals surface area contributed by atoms with Gasteiger partial charge in [0.25, 0.3) is 0 Å². The number of rotatable bonds is 3. The third-order valence-electron chi connectivity index (χ3n) is 3.53. The zero-order valence-electron chi connectivity index (χ0n) is 11.6. The molecule has 0 saturated carbocycles. The summed E-state index contributed by atoms with van der Waals surface area (Å²) in [5.74, 6) is -2.21. The maximum absolute atomic E-state index is 14.2. The Bertz CT molecular complexity index is 754. The third-order valence-corrected chi connectivity index (χ3v) is 3.53. The molecule has 2 aromatic heterocycles. The predicted molar refractivity (Wildman–Crippen MR) is 67.6 cm³/mol. The molecule has 0 amide bonds. The minimum absolute atomic E-state index is 0.261. The second-order valence-electron chi connectivity index (χ2n) is 5.01. The number of aromatic nitrogens is 4. The first-order chi connectivity index (χ1) is 11.3. The molecule has 1 aliphatic rings. The first kappa shape index (κ1) is 16.8. The topological polar surface area (TPSA) is 126 Å². The van der Waals surface area contributed by atoms with Crippen LogP contribution in [0.4, 0.5) is 23.4 Å². The van der Waals surface area contributed by atoms with E-state index in [-0.39, 0.29) is 5.52 Å². The summed E-state index contributed by atoms with van der Waals surface area (Å²) >= 11 is 0. The molecule has 3 heterocycles. The van der Waals surface area contributed by atoms with E-state index in [9.17, 15) is 22.7 Å². The summed E-state index contributed by atoms with van der Waals surface area (Å²) in [5.41, 5.74) is 0.749.